The van der Waals surface area contributed by atoms with E-state index in [4.69, 9.17) is 0 Å². The Morgan fingerprint density at radius 1 is 1.39 bits per heavy atom. The van der Waals surface area contributed by atoms with Gasteiger partial charge in [-0.1, -0.05) is 20.3 Å². The van der Waals surface area contributed by atoms with E-state index in [1.54, 1.807) is 0 Å². The van der Waals surface area contributed by atoms with Gasteiger partial charge in [-0.05, 0) is 33.6 Å². The minimum atomic E-state index is 0.113. The van der Waals surface area contributed by atoms with Gasteiger partial charge in [-0.15, -0.1) is 0 Å². The van der Waals surface area contributed by atoms with Crippen LogP contribution in [0, 0.1) is 13.8 Å². The molecule has 0 saturated carbocycles. The van der Waals surface area contributed by atoms with Crippen LogP contribution in [0.4, 0.5) is 0 Å². The smallest absolute Gasteiger partial charge is 0.257 e. The molecule has 4 nitrogen and oxygen atoms in total. The van der Waals surface area contributed by atoms with Gasteiger partial charge in [0, 0.05) is 18.3 Å². The number of unbranched alkanes of at least 4 members (excludes halogenated alkanes) is 1. The molecule has 0 aliphatic carbocycles. The minimum Gasteiger partial charge on any atom is -0.336 e. The molecular formula is C14H25N3O. The van der Waals surface area contributed by atoms with Crippen LogP contribution in [-0.2, 0) is 0 Å². The minimum absolute atomic E-state index is 0.113. The maximum absolute atomic E-state index is 12.6. The van der Waals surface area contributed by atoms with Gasteiger partial charge in [0.2, 0.25) is 0 Å². The number of H-pyrrole nitrogens is 1. The fourth-order valence-electron chi connectivity index (χ4n) is 2.08. The van der Waals surface area contributed by atoms with Crippen LogP contribution in [0.3, 0.4) is 0 Å². The summed E-state index contributed by atoms with van der Waals surface area (Å²) in [5.74, 6) is 0.113. The van der Waals surface area contributed by atoms with Crippen LogP contribution in [-0.4, -0.2) is 33.6 Å². The lowest BCUT2D eigenvalue weighted by Crippen LogP contribution is -2.39. The zero-order valence-corrected chi connectivity index (χ0v) is 12.2. The van der Waals surface area contributed by atoms with Gasteiger partial charge in [0.25, 0.3) is 5.91 Å². The first kappa shape index (κ1) is 14.7. The molecule has 0 spiro atoms. The molecule has 1 aromatic heterocycles. The molecular weight excluding hydrogens is 226 g/mol. The summed E-state index contributed by atoms with van der Waals surface area (Å²) in [5.41, 5.74) is 2.40. The van der Waals surface area contributed by atoms with Crippen LogP contribution in [0.15, 0.2) is 0 Å². The Bertz CT molecular complexity index is 378. The number of aromatic nitrogens is 2. The Labute approximate surface area is 110 Å². The van der Waals surface area contributed by atoms with Crippen molar-refractivity contribution in [3.8, 4) is 0 Å². The van der Waals surface area contributed by atoms with Crippen LogP contribution in [0.2, 0.25) is 0 Å². The van der Waals surface area contributed by atoms with Gasteiger partial charge in [0.1, 0.15) is 0 Å². The van der Waals surface area contributed by atoms with Crippen molar-refractivity contribution >= 4 is 5.91 Å². The second kappa shape index (κ2) is 6.57. The first-order valence-corrected chi connectivity index (χ1v) is 6.85. The molecule has 1 unspecified atom stereocenters. The number of carbonyl (C=O) groups is 1. The predicted octanol–water partition coefficient (Wildman–Crippen LogP) is 3.07. The van der Waals surface area contributed by atoms with Crippen LogP contribution in [0.25, 0.3) is 0 Å². The van der Waals surface area contributed by atoms with Gasteiger partial charge < -0.3 is 4.90 Å². The molecule has 1 rings (SSSR count). The van der Waals surface area contributed by atoms with E-state index < -0.39 is 0 Å². The molecule has 0 bridgehead atoms. The lowest BCUT2D eigenvalue weighted by Gasteiger charge is -2.28. The summed E-state index contributed by atoms with van der Waals surface area (Å²) in [7, 11) is 0. The van der Waals surface area contributed by atoms with Crippen LogP contribution in [0.5, 0.6) is 0 Å². The summed E-state index contributed by atoms with van der Waals surface area (Å²) in [4.78, 5) is 14.6. The van der Waals surface area contributed by atoms with E-state index in [1.807, 2.05) is 18.7 Å². The largest absolute Gasteiger partial charge is 0.336 e. The average molecular weight is 251 g/mol. The molecule has 0 aliphatic heterocycles. The molecule has 0 aromatic carbocycles. The first-order valence-electron chi connectivity index (χ1n) is 6.85. The highest BCUT2D eigenvalue weighted by atomic mass is 16.2. The fraction of sp³-hybridized carbons (Fsp3) is 0.714. The van der Waals surface area contributed by atoms with Gasteiger partial charge in [0.05, 0.1) is 11.3 Å². The molecule has 102 valence electrons. The molecule has 0 fully saturated rings. The number of aryl methyl sites for hydroxylation is 2. The highest BCUT2D eigenvalue weighted by molar-refractivity contribution is 5.96. The van der Waals surface area contributed by atoms with Crippen LogP contribution < -0.4 is 0 Å². The quantitative estimate of drug-likeness (QED) is 0.844. The van der Waals surface area contributed by atoms with Crippen molar-refractivity contribution in [2.75, 3.05) is 6.54 Å². The van der Waals surface area contributed by atoms with Crippen molar-refractivity contribution in [1.29, 1.82) is 0 Å². The van der Waals surface area contributed by atoms with E-state index in [0.29, 0.717) is 0 Å². The van der Waals surface area contributed by atoms with Crippen molar-refractivity contribution in [1.82, 2.24) is 15.1 Å². The molecule has 1 heterocycles. The third-order valence-corrected chi connectivity index (χ3v) is 3.48. The lowest BCUT2D eigenvalue weighted by molar-refractivity contribution is 0.0684. The average Bonchev–Trinajstić information content (AvgIpc) is 2.68. The molecule has 1 aromatic rings. The van der Waals surface area contributed by atoms with Gasteiger partial charge >= 0.3 is 0 Å². The maximum atomic E-state index is 12.6. The van der Waals surface area contributed by atoms with E-state index in [0.717, 1.165) is 42.8 Å². The summed E-state index contributed by atoms with van der Waals surface area (Å²) in [5, 5.41) is 7.00. The maximum Gasteiger partial charge on any atom is 0.257 e. The molecule has 18 heavy (non-hydrogen) atoms. The third-order valence-electron chi connectivity index (χ3n) is 3.48. The van der Waals surface area contributed by atoms with E-state index in [2.05, 4.69) is 31.0 Å². The Hall–Kier alpha value is -1.32. The first-order chi connectivity index (χ1) is 8.52. The van der Waals surface area contributed by atoms with Gasteiger partial charge in [-0.2, -0.15) is 5.10 Å². The summed E-state index contributed by atoms with van der Waals surface area (Å²) in [6.45, 7) is 11.0. The Balaban J connectivity index is 2.95. The third kappa shape index (κ3) is 3.12. The standard InChI is InChI=1S/C14H25N3O/c1-6-8-9-17(10(3)7-2)14(18)13-11(4)15-16-12(13)5/h10H,6-9H2,1-5H3,(H,15,16). The van der Waals surface area contributed by atoms with Crippen molar-refractivity contribution in [3.63, 3.8) is 0 Å². The topological polar surface area (TPSA) is 49.0 Å². The van der Waals surface area contributed by atoms with Crippen LogP contribution in [0.1, 0.15) is 61.8 Å². The Morgan fingerprint density at radius 2 is 2.06 bits per heavy atom. The number of hydrogen-bond donors (Lipinski definition) is 1. The summed E-state index contributed by atoms with van der Waals surface area (Å²) < 4.78 is 0. The van der Waals surface area contributed by atoms with Gasteiger partial charge in [0.15, 0.2) is 0 Å². The van der Waals surface area contributed by atoms with Crippen molar-refractivity contribution < 1.29 is 4.79 Å². The van der Waals surface area contributed by atoms with E-state index in [9.17, 15) is 4.79 Å². The number of hydrogen-bond acceptors (Lipinski definition) is 2. The Morgan fingerprint density at radius 3 is 2.50 bits per heavy atom. The SMILES string of the molecule is CCCCN(C(=O)c1c(C)n[nH]c1C)C(C)CC. The second-order valence-corrected chi connectivity index (χ2v) is 4.92. The molecule has 1 atom stereocenters. The summed E-state index contributed by atoms with van der Waals surface area (Å²) >= 11 is 0. The van der Waals surface area contributed by atoms with Gasteiger partial charge in [-0.25, -0.2) is 0 Å². The second-order valence-electron chi connectivity index (χ2n) is 4.92. The highest BCUT2D eigenvalue weighted by Crippen LogP contribution is 2.16. The van der Waals surface area contributed by atoms with E-state index in [-0.39, 0.29) is 11.9 Å². The zero-order valence-electron chi connectivity index (χ0n) is 12.2. The molecule has 0 aliphatic rings. The molecule has 0 radical (unpaired) electrons. The summed E-state index contributed by atoms with van der Waals surface area (Å²) in [6, 6.07) is 0.276. The molecule has 4 heteroatoms. The van der Waals surface area contributed by atoms with E-state index in [1.165, 1.54) is 0 Å². The monoisotopic (exact) mass is 251 g/mol. The number of nitrogens with one attached hydrogen (secondary N) is 1. The number of nitrogens with zero attached hydrogens (tertiary/aromatic N) is 2. The lowest BCUT2D eigenvalue weighted by atomic mass is 10.1. The van der Waals surface area contributed by atoms with Crippen molar-refractivity contribution in [3.05, 3.63) is 17.0 Å². The normalized spacial score (nSPS) is 12.5. The predicted molar refractivity (Wildman–Crippen MR) is 73.8 cm³/mol. The number of aromatic amines is 1. The molecule has 1 N–H and O–H groups in total. The zero-order chi connectivity index (χ0) is 13.7. The fourth-order valence-corrected chi connectivity index (χ4v) is 2.08. The molecule has 1 amide bonds. The van der Waals surface area contributed by atoms with Crippen molar-refractivity contribution in [2.24, 2.45) is 0 Å². The molecule has 0 saturated heterocycles. The number of carbonyl (C=O) groups excluding carboxylic acids is 1. The van der Waals surface area contributed by atoms with E-state index >= 15 is 0 Å². The number of amides is 1. The van der Waals surface area contributed by atoms with Gasteiger partial charge in [-0.3, -0.25) is 9.89 Å². The summed E-state index contributed by atoms with van der Waals surface area (Å²) in [6.07, 6.45) is 3.13. The Kier molecular flexibility index (Phi) is 5.38. The number of rotatable bonds is 6. The van der Waals surface area contributed by atoms with Crippen molar-refractivity contribution in [2.45, 2.75) is 59.9 Å². The van der Waals surface area contributed by atoms with Crippen LogP contribution >= 0.6 is 0 Å². The highest BCUT2D eigenvalue weighted by Gasteiger charge is 2.24.